The number of quaternary nitrogens is 1. The second-order valence-corrected chi connectivity index (χ2v) is 23.5. The third-order valence-corrected chi connectivity index (χ3v) is 14.8. The Morgan fingerprint density at radius 3 is 1.19 bits per heavy atom. The lowest BCUT2D eigenvalue weighted by Crippen LogP contribution is -2.45. The molecule has 0 aliphatic rings. The van der Waals surface area contributed by atoms with Gasteiger partial charge in [0.25, 0.3) is 7.82 Å². The molecule has 3 unspecified atom stereocenters. The van der Waals surface area contributed by atoms with Gasteiger partial charge in [0, 0.05) is 6.42 Å². The number of nitrogens with zero attached hydrogens (tertiary/aromatic N) is 1. The first kappa shape index (κ1) is 68.7. The second-order valence-electron chi connectivity index (χ2n) is 22.0. The standard InChI is InChI=1S/C61H119N2O6P/c1-6-8-10-12-14-16-17-18-19-20-21-22-23-24-25-26-27-28-29-30-31-32-33-34-35-36-37-38-39-40-41-42-43-44-45-47-49-51-53-55-61(65)62-59(58-69-70(66,67)68-57-56-63(3,4)5)60(64)54-52-50-48-46-15-13-11-9-7-2/h15,20-21,46,52,54,59-60,64H,6-14,16-19,22-45,47-51,53,55-58H2,1-5H3,(H-,62,65,66,67)/b21-20-,46-15+,54-52+. The van der Waals surface area contributed by atoms with Gasteiger partial charge in [-0.3, -0.25) is 9.36 Å². The molecule has 0 aliphatic heterocycles. The number of likely N-dealkylation sites (N-methyl/N-ethyl adjacent to an activating group) is 1. The van der Waals surface area contributed by atoms with Crippen LogP contribution in [-0.2, 0) is 18.4 Å². The van der Waals surface area contributed by atoms with Crippen molar-refractivity contribution in [2.45, 2.75) is 309 Å². The van der Waals surface area contributed by atoms with E-state index in [1.165, 1.54) is 238 Å². The summed E-state index contributed by atoms with van der Waals surface area (Å²) in [6.07, 6.45) is 68.6. The largest absolute Gasteiger partial charge is 0.756 e. The minimum absolute atomic E-state index is 0.00513. The van der Waals surface area contributed by atoms with Crippen LogP contribution in [0.15, 0.2) is 36.5 Å². The molecule has 0 radical (unpaired) electrons. The molecule has 0 rings (SSSR count). The van der Waals surface area contributed by atoms with E-state index in [9.17, 15) is 19.4 Å². The lowest BCUT2D eigenvalue weighted by Gasteiger charge is -2.29. The Morgan fingerprint density at radius 1 is 0.486 bits per heavy atom. The summed E-state index contributed by atoms with van der Waals surface area (Å²) in [6.45, 7) is 4.59. The number of hydrogen-bond acceptors (Lipinski definition) is 6. The summed E-state index contributed by atoms with van der Waals surface area (Å²) in [7, 11) is 1.25. The van der Waals surface area contributed by atoms with Gasteiger partial charge < -0.3 is 28.8 Å². The number of phosphoric ester groups is 1. The number of allylic oxidation sites excluding steroid dienone is 5. The Bertz CT molecular complexity index is 1230. The molecule has 0 spiro atoms. The SMILES string of the molecule is CCCCC/C=C/CC/C=C/C(O)C(COP(=O)([O-])OCC[N+](C)(C)C)NC(=O)CCCCCCCCCCCCCCCCCCCCCCCCCCCCC/C=C\CCCCCCCCCC. The highest BCUT2D eigenvalue weighted by Gasteiger charge is 2.23. The summed E-state index contributed by atoms with van der Waals surface area (Å²) in [5, 5.41) is 13.7. The highest BCUT2D eigenvalue weighted by Crippen LogP contribution is 2.38. The van der Waals surface area contributed by atoms with E-state index in [4.69, 9.17) is 9.05 Å². The van der Waals surface area contributed by atoms with E-state index in [1.807, 2.05) is 27.2 Å². The van der Waals surface area contributed by atoms with Crippen molar-refractivity contribution in [3.63, 3.8) is 0 Å². The van der Waals surface area contributed by atoms with Gasteiger partial charge in [0.1, 0.15) is 13.2 Å². The zero-order valence-electron chi connectivity index (χ0n) is 47.2. The van der Waals surface area contributed by atoms with Crippen LogP contribution in [0, 0.1) is 0 Å². The van der Waals surface area contributed by atoms with Gasteiger partial charge in [-0.2, -0.15) is 0 Å². The average Bonchev–Trinajstić information content (AvgIpc) is 3.32. The lowest BCUT2D eigenvalue weighted by atomic mass is 10.0. The number of amides is 1. The fourth-order valence-corrected chi connectivity index (χ4v) is 9.77. The lowest BCUT2D eigenvalue weighted by molar-refractivity contribution is -0.870. The van der Waals surface area contributed by atoms with Crippen LogP contribution in [-0.4, -0.2) is 68.5 Å². The maximum absolute atomic E-state index is 12.9. The van der Waals surface area contributed by atoms with E-state index in [-0.39, 0.29) is 12.5 Å². The minimum Gasteiger partial charge on any atom is -0.756 e. The van der Waals surface area contributed by atoms with Crippen molar-refractivity contribution >= 4 is 13.7 Å². The van der Waals surface area contributed by atoms with Crippen LogP contribution in [0.5, 0.6) is 0 Å². The van der Waals surface area contributed by atoms with Gasteiger partial charge >= 0.3 is 0 Å². The van der Waals surface area contributed by atoms with Gasteiger partial charge in [-0.25, -0.2) is 0 Å². The third-order valence-electron chi connectivity index (χ3n) is 13.8. The molecule has 0 bridgehead atoms. The van der Waals surface area contributed by atoms with Gasteiger partial charge in [0.2, 0.25) is 5.91 Å². The predicted molar refractivity (Wildman–Crippen MR) is 302 cm³/mol. The molecule has 3 atom stereocenters. The molecule has 0 heterocycles. The van der Waals surface area contributed by atoms with Crippen molar-refractivity contribution in [3.8, 4) is 0 Å². The van der Waals surface area contributed by atoms with Crippen molar-refractivity contribution in [2.24, 2.45) is 0 Å². The molecule has 0 fully saturated rings. The van der Waals surface area contributed by atoms with Crippen LogP contribution in [0.4, 0.5) is 0 Å². The van der Waals surface area contributed by atoms with Crippen LogP contribution in [0.3, 0.4) is 0 Å². The van der Waals surface area contributed by atoms with Gasteiger partial charge in [-0.1, -0.05) is 269 Å². The average molecular weight is 1010 g/mol. The smallest absolute Gasteiger partial charge is 0.268 e. The Balaban J connectivity index is 3.77. The first-order valence-corrected chi connectivity index (χ1v) is 31.8. The molecule has 2 N–H and O–H groups in total. The maximum atomic E-state index is 12.9. The molecule has 0 aromatic heterocycles. The Labute approximate surface area is 436 Å². The molecule has 0 saturated carbocycles. The number of carbonyl (C=O) groups excluding carboxylic acids is 1. The molecule has 8 nitrogen and oxygen atoms in total. The number of carbonyl (C=O) groups is 1. The van der Waals surface area contributed by atoms with E-state index in [0.29, 0.717) is 17.4 Å². The van der Waals surface area contributed by atoms with E-state index in [0.717, 1.165) is 38.5 Å². The van der Waals surface area contributed by atoms with Crippen LogP contribution < -0.4 is 10.2 Å². The highest BCUT2D eigenvalue weighted by molar-refractivity contribution is 7.45. The molecular formula is C61H119N2O6P. The number of phosphoric acid groups is 1. The van der Waals surface area contributed by atoms with Gasteiger partial charge in [-0.05, 0) is 57.8 Å². The minimum atomic E-state index is -4.59. The summed E-state index contributed by atoms with van der Waals surface area (Å²) < 4.78 is 23.2. The topological polar surface area (TPSA) is 108 Å². The number of nitrogens with one attached hydrogen (secondary N) is 1. The van der Waals surface area contributed by atoms with E-state index >= 15 is 0 Å². The van der Waals surface area contributed by atoms with Crippen molar-refractivity contribution in [1.29, 1.82) is 0 Å². The van der Waals surface area contributed by atoms with Crippen LogP contribution >= 0.6 is 7.82 Å². The summed E-state index contributed by atoms with van der Waals surface area (Å²) in [5.74, 6) is -0.205. The van der Waals surface area contributed by atoms with Crippen LogP contribution in [0.1, 0.15) is 296 Å². The Morgan fingerprint density at radius 2 is 0.800 bits per heavy atom. The molecule has 0 aromatic rings. The molecule has 414 valence electrons. The molecule has 0 saturated heterocycles. The van der Waals surface area contributed by atoms with Gasteiger partial charge in [0.05, 0.1) is 39.9 Å². The Hall–Kier alpha value is -1.28. The fraction of sp³-hybridized carbons (Fsp3) is 0.885. The van der Waals surface area contributed by atoms with Crippen molar-refractivity contribution in [2.75, 3.05) is 40.9 Å². The normalized spacial score (nSPS) is 14.1. The van der Waals surface area contributed by atoms with Crippen molar-refractivity contribution < 1.29 is 32.9 Å². The van der Waals surface area contributed by atoms with E-state index < -0.39 is 26.6 Å². The molecule has 9 heteroatoms. The summed E-state index contributed by atoms with van der Waals surface area (Å²) in [4.78, 5) is 25.3. The second kappa shape index (κ2) is 52.6. The fourth-order valence-electron chi connectivity index (χ4n) is 9.05. The quantitative estimate of drug-likeness (QED) is 0.0272. The van der Waals surface area contributed by atoms with Crippen LogP contribution in [0.25, 0.3) is 0 Å². The van der Waals surface area contributed by atoms with Gasteiger partial charge in [0.15, 0.2) is 0 Å². The maximum Gasteiger partial charge on any atom is 0.268 e. The molecule has 0 aromatic carbocycles. The van der Waals surface area contributed by atoms with Crippen molar-refractivity contribution in [1.82, 2.24) is 5.32 Å². The number of hydrogen-bond donors (Lipinski definition) is 2. The number of aliphatic hydroxyl groups is 1. The molecular weight excluding hydrogens is 888 g/mol. The predicted octanol–water partition coefficient (Wildman–Crippen LogP) is 17.9. The zero-order chi connectivity index (χ0) is 51.3. The number of rotatable bonds is 56. The first-order valence-electron chi connectivity index (χ1n) is 30.4. The Kier molecular flexibility index (Phi) is 51.6. The highest BCUT2D eigenvalue weighted by atomic mass is 31.2. The first-order chi connectivity index (χ1) is 34.0. The third kappa shape index (κ3) is 54.5. The summed E-state index contributed by atoms with van der Waals surface area (Å²) in [6, 6.07) is -0.899. The van der Waals surface area contributed by atoms with Crippen LogP contribution in [0.2, 0.25) is 0 Å². The zero-order valence-corrected chi connectivity index (χ0v) is 48.1. The number of aliphatic hydroxyl groups excluding tert-OH is 1. The molecule has 70 heavy (non-hydrogen) atoms. The van der Waals surface area contributed by atoms with Crippen molar-refractivity contribution in [3.05, 3.63) is 36.5 Å². The molecule has 1 amide bonds. The van der Waals surface area contributed by atoms with E-state index in [2.05, 4.69) is 43.5 Å². The van der Waals surface area contributed by atoms with Gasteiger partial charge in [-0.15, -0.1) is 0 Å². The molecule has 0 aliphatic carbocycles. The summed E-state index contributed by atoms with van der Waals surface area (Å²) in [5.41, 5.74) is 0. The van der Waals surface area contributed by atoms with E-state index in [1.54, 1.807) is 6.08 Å². The monoisotopic (exact) mass is 1010 g/mol. The summed E-state index contributed by atoms with van der Waals surface area (Å²) >= 11 is 0. The number of unbranched alkanes of at least 4 members (excludes halogenated alkanes) is 39.